The van der Waals surface area contributed by atoms with E-state index in [1.54, 1.807) is 17.1 Å². The Hall–Kier alpha value is -1.69. The predicted molar refractivity (Wildman–Crippen MR) is 94.8 cm³/mol. The highest BCUT2D eigenvalue weighted by Crippen LogP contribution is 2.20. The zero-order chi connectivity index (χ0) is 16.2. The number of nitrogens with one attached hydrogen (secondary N) is 1. The Morgan fingerprint density at radius 3 is 2.91 bits per heavy atom. The van der Waals surface area contributed by atoms with Gasteiger partial charge in [-0.1, -0.05) is 41.9 Å². The topological polar surface area (TPSA) is 41.6 Å². The lowest BCUT2D eigenvalue weighted by molar-refractivity contribution is -0.123. The molecule has 1 aromatic rings. The van der Waals surface area contributed by atoms with E-state index in [2.05, 4.69) is 5.32 Å². The lowest BCUT2D eigenvalue weighted by atomic mass is 10.2. The van der Waals surface area contributed by atoms with Gasteiger partial charge in [-0.05, 0) is 42.8 Å². The third-order valence-electron chi connectivity index (χ3n) is 3.76. The van der Waals surface area contributed by atoms with Crippen molar-refractivity contribution < 1.29 is 9.53 Å². The van der Waals surface area contributed by atoms with Crippen LogP contribution in [0.3, 0.4) is 0 Å². The fraction of sp³-hybridized carbons (Fsp3) is 0.294. The minimum absolute atomic E-state index is 0.0633. The van der Waals surface area contributed by atoms with Gasteiger partial charge in [0.25, 0.3) is 5.91 Å². The Labute approximate surface area is 145 Å². The van der Waals surface area contributed by atoms with Gasteiger partial charge in [0.1, 0.15) is 5.70 Å². The molecule has 1 unspecified atom stereocenters. The van der Waals surface area contributed by atoms with Crippen molar-refractivity contribution in [3.8, 4) is 0 Å². The smallest absolute Gasteiger partial charge is 0.276 e. The molecule has 0 radical (unpaired) electrons. The van der Waals surface area contributed by atoms with Crippen molar-refractivity contribution in [2.24, 2.45) is 0 Å². The van der Waals surface area contributed by atoms with Crippen LogP contribution < -0.4 is 5.32 Å². The van der Waals surface area contributed by atoms with Crippen LogP contribution in [0, 0.1) is 0 Å². The fourth-order valence-corrected chi connectivity index (χ4v) is 3.12. The fourth-order valence-electron chi connectivity index (χ4n) is 2.62. The number of hydrogen-bond donors (Lipinski definition) is 1. The molecule has 1 atom stereocenters. The summed E-state index contributed by atoms with van der Waals surface area (Å²) in [5.41, 5.74) is 1.36. The van der Waals surface area contributed by atoms with Crippen LogP contribution in [0.15, 0.2) is 47.1 Å². The number of rotatable bonds is 4. The predicted octanol–water partition coefficient (Wildman–Crippen LogP) is 3.05. The molecule has 1 amide bonds. The Morgan fingerprint density at radius 2 is 2.22 bits per heavy atom. The van der Waals surface area contributed by atoms with E-state index in [1.165, 1.54) is 0 Å². The molecule has 0 bridgehead atoms. The van der Waals surface area contributed by atoms with Crippen LogP contribution in [0.4, 0.5) is 0 Å². The van der Waals surface area contributed by atoms with E-state index < -0.39 is 0 Å². The van der Waals surface area contributed by atoms with Gasteiger partial charge in [-0.15, -0.1) is 0 Å². The average molecular weight is 349 g/mol. The molecule has 0 aliphatic carbocycles. The highest BCUT2D eigenvalue weighted by Gasteiger charge is 2.33. The number of carbonyl (C=O) groups excluding carboxylic acids is 1. The molecule has 2 aliphatic heterocycles. The summed E-state index contributed by atoms with van der Waals surface area (Å²) >= 11 is 11.5. The quantitative estimate of drug-likeness (QED) is 0.670. The minimum atomic E-state index is -0.162. The Morgan fingerprint density at radius 1 is 1.43 bits per heavy atom. The molecule has 0 aromatic heterocycles. The molecule has 23 heavy (non-hydrogen) atoms. The van der Waals surface area contributed by atoms with Gasteiger partial charge in [0.2, 0.25) is 0 Å². The Bertz CT molecular complexity index is 666. The van der Waals surface area contributed by atoms with E-state index in [1.807, 2.05) is 30.3 Å². The second-order valence-corrected chi connectivity index (χ2v) is 6.30. The summed E-state index contributed by atoms with van der Waals surface area (Å²) in [6.45, 7) is 1.24. The first-order valence-electron chi connectivity index (χ1n) is 7.52. The van der Waals surface area contributed by atoms with Gasteiger partial charge >= 0.3 is 0 Å². The molecular weight excluding hydrogens is 332 g/mol. The maximum Gasteiger partial charge on any atom is 0.276 e. The number of hydrogen-bond acceptors (Lipinski definition) is 3. The Kier molecular flexibility index (Phi) is 5.10. The maximum atomic E-state index is 12.5. The lowest BCUT2D eigenvalue weighted by Gasteiger charge is -2.18. The average Bonchev–Trinajstić information content (AvgIpc) is 3.13. The number of benzene rings is 1. The van der Waals surface area contributed by atoms with Gasteiger partial charge in [0, 0.05) is 11.6 Å². The summed E-state index contributed by atoms with van der Waals surface area (Å²) in [4.78, 5) is 14.0. The first-order chi connectivity index (χ1) is 11.1. The number of nitrogens with zero attached hydrogens (tertiary/aromatic N) is 1. The molecule has 4 nitrogen and oxygen atoms in total. The number of thiocarbonyl (C=S) groups is 1. The molecule has 1 aromatic carbocycles. The third-order valence-corrected chi connectivity index (χ3v) is 4.30. The van der Waals surface area contributed by atoms with E-state index in [9.17, 15) is 4.79 Å². The lowest BCUT2D eigenvalue weighted by Crippen LogP contribution is -2.37. The van der Waals surface area contributed by atoms with E-state index >= 15 is 0 Å². The number of halogens is 1. The monoisotopic (exact) mass is 348 g/mol. The molecule has 3 rings (SSSR count). The third kappa shape index (κ3) is 3.99. The normalized spacial score (nSPS) is 23.7. The first-order valence-corrected chi connectivity index (χ1v) is 8.30. The maximum absolute atomic E-state index is 12.5. The summed E-state index contributed by atoms with van der Waals surface area (Å²) in [7, 11) is 0. The van der Waals surface area contributed by atoms with Gasteiger partial charge in [0.05, 0.1) is 12.6 Å². The van der Waals surface area contributed by atoms with Crippen LogP contribution in [0.1, 0.15) is 18.4 Å². The molecule has 2 heterocycles. The van der Waals surface area contributed by atoms with Crippen molar-refractivity contribution in [1.82, 2.24) is 10.2 Å². The molecule has 2 aliphatic rings. The molecule has 0 spiro atoms. The number of ether oxygens (including phenoxy) is 1. The van der Waals surface area contributed by atoms with Crippen molar-refractivity contribution in [2.75, 3.05) is 13.2 Å². The van der Waals surface area contributed by atoms with Crippen molar-refractivity contribution in [1.29, 1.82) is 0 Å². The Balaban J connectivity index is 1.71. The van der Waals surface area contributed by atoms with Gasteiger partial charge in [-0.2, -0.15) is 0 Å². The molecule has 1 N–H and O–H groups in total. The zero-order valence-corrected chi connectivity index (χ0v) is 14.1. The van der Waals surface area contributed by atoms with Crippen LogP contribution in [0.25, 0.3) is 6.08 Å². The molecule has 0 saturated carbocycles. The first kappa shape index (κ1) is 16.2. The molecular formula is C17H17ClN2O2S. The zero-order valence-electron chi connectivity index (χ0n) is 12.5. The number of allylic oxidation sites excluding steroid dienone is 2. The van der Waals surface area contributed by atoms with Gasteiger partial charge in [-0.3, -0.25) is 9.69 Å². The van der Waals surface area contributed by atoms with Crippen molar-refractivity contribution in [3.63, 3.8) is 0 Å². The molecule has 6 heteroatoms. The summed E-state index contributed by atoms with van der Waals surface area (Å²) in [5.74, 6) is -0.162. The van der Waals surface area contributed by atoms with E-state index in [0.29, 0.717) is 22.4 Å². The SMILES string of the molecule is O=C1/C(=C\C(Cl)=C\c2ccccc2)NC(=S)N1CC1CCCO1. The highest BCUT2D eigenvalue weighted by atomic mass is 35.5. The van der Waals surface area contributed by atoms with Crippen LogP contribution in [0.2, 0.25) is 0 Å². The van der Waals surface area contributed by atoms with E-state index in [-0.39, 0.29) is 12.0 Å². The molecule has 2 saturated heterocycles. The summed E-state index contributed by atoms with van der Waals surface area (Å²) in [5, 5.41) is 3.80. The van der Waals surface area contributed by atoms with Crippen molar-refractivity contribution in [3.05, 3.63) is 52.7 Å². The van der Waals surface area contributed by atoms with Crippen LogP contribution in [0.5, 0.6) is 0 Å². The van der Waals surface area contributed by atoms with Crippen LogP contribution in [-0.2, 0) is 9.53 Å². The van der Waals surface area contributed by atoms with E-state index in [4.69, 9.17) is 28.6 Å². The van der Waals surface area contributed by atoms with Gasteiger partial charge in [0.15, 0.2) is 5.11 Å². The summed E-state index contributed by atoms with van der Waals surface area (Å²) < 4.78 is 5.57. The minimum Gasteiger partial charge on any atom is -0.376 e. The van der Waals surface area contributed by atoms with Gasteiger partial charge < -0.3 is 10.1 Å². The standard InChI is InChI=1S/C17H17ClN2O2S/c18-13(9-12-5-2-1-3-6-12)10-15-16(21)20(17(23)19-15)11-14-7-4-8-22-14/h1-3,5-6,9-10,14H,4,7-8,11H2,(H,19,23)/b13-9-,15-10+. The van der Waals surface area contributed by atoms with Crippen LogP contribution in [-0.4, -0.2) is 35.2 Å². The molecule has 2 fully saturated rings. The number of carbonyl (C=O) groups is 1. The summed E-state index contributed by atoms with van der Waals surface area (Å²) in [6.07, 6.45) is 5.46. The van der Waals surface area contributed by atoms with Crippen molar-refractivity contribution >= 4 is 40.9 Å². The highest BCUT2D eigenvalue weighted by molar-refractivity contribution is 7.80. The second kappa shape index (κ2) is 7.25. The number of amides is 1. The van der Waals surface area contributed by atoms with Gasteiger partial charge in [-0.25, -0.2) is 0 Å². The van der Waals surface area contributed by atoms with Crippen molar-refractivity contribution in [2.45, 2.75) is 18.9 Å². The second-order valence-electron chi connectivity index (χ2n) is 5.48. The summed E-state index contributed by atoms with van der Waals surface area (Å²) in [6, 6.07) is 9.69. The molecule has 120 valence electrons. The van der Waals surface area contributed by atoms with E-state index in [0.717, 1.165) is 25.0 Å². The van der Waals surface area contributed by atoms with Crippen LogP contribution >= 0.6 is 23.8 Å². The largest absolute Gasteiger partial charge is 0.376 e.